The van der Waals surface area contributed by atoms with Crippen LogP contribution in [0.4, 0.5) is 0 Å². The number of amides is 1. The molecular weight excluding hydrogens is 298 g/mol. The molecule has 116 valence electrons. The lowest BCUT2D eigenvalue weighted by molar-refractivity contribution is 0.0947. The van der Waals surface area contributed by atoms with E-state index >= 15 is 0 Å². The number of benzene rings is 2. The van der Waals surface area contributed by atoms with Crippen LogP contribution in [0.5, 0.6) is 5.75 Å². The zero-order valence-electron chi connectivity index (χ0n) is 12.8. The quantitative estimate of drug-likeness (QED) is 0.808. The van der Waals surface area contributed by atoms with Gasteiger partial charge in [0.15, 0.2) is 0 Å². The van der Waals surface area contributed by atoms with Crippen molar-refractivity contribution in [3.05, 3.63) is 64.7 Å². The third-order valence-electron chi connectivity index (χ3n) is 3.29. The number of nitrogens with one attached hydrogen (secondary N) is 1. The molecule has 0 saturated heterocycles. The fraction of sp³-hybridized carbons (Fsp3) is 0.278. The van der Waals surface area contributed by atoms with Crippen molar-refractivity contribution >= 4 is 17.5 Å². The van der Waals surface area contributed by atoms with Crippen molar-refractivity contribution in [1.82, 2.24) is 5.32 Å². The summed E-state index contributed by atoms with van der Waals surface area (Å²) in [5.41, 5.74) is 1.83. The van der Waals surface area contributed by atoms with E-state index in [9.17, 15) is 4.79 Å². The molecule has 1 N–H and O–H groups in total. The Balaban J connectivity index is 1.76. The van der Waals surface area contributed by atoms with Gasteiger partial charge in [-0.15, -0.1) is 0 Å². The lowest BCUT2D eigenvalue weighted by Gasteiger charge is -2.10. The van der Waals surface area contributed by atoms with Gasteiger partial charge < -0.3 is 10.1 Å². The number of hydrogen-bond donors (Lipinski definition) is 1. The number of ether oxygens (including phenoxy) is 1. The van der Waals surface area contributed by atoms with E-state index in [-0.39, 0.29) is 5.91 Å². The molecule has 2 rings (SSSR count). The Morgan fingerprint density at radius 1 is 1.18 bits per heavy atom. The second-order valence-corrected chi connectivity index (χ2v) is 5.77. The van der Waals surface area contributed by atoms with E-state index in [1.165, 1.54) is 5.56 Å². The largest absolute Gasteiger partial charge is 0.492 e. The van der Waals surface area contributed by atoms with Crippen molar-refractivity contribution in [3.63, 3.8) is 0 Å². The summed E-state index contributed by atoms with van der Waals surface area (Å²) in [4.78, 5) is 11.9. The highest BCUT2D eigenvalue weighted by atomic mass is 35.5. The molecule has 22 heavy (non-hydrogen) atoms. The Morgan fingerprint density at radius 3 is 2.55 bits per heavy atom. The third kappa shape index (κ3) is 4.78. The van der Waals surface area contributed by atoms with Gasteiger partial charge >= 0.3 is 0 Å². The van der Waals surface area contributed by atoms with Crippen molar-refractivity contribution in [1.29, 1.82) is 0 Å². The number of rotatable bonds is 6. The molecule has 3 nitrogen and oxygen atoms in total. The van der Waals surface area contributed by atoms with E-state index in [0.29, 0.717) is 29.7 Å². The maximum absolute atomic E-state index is 11.9. The first-order valence-corrected chi connectivity index (χ1v) is 7.70. The molecule has 0 spiro atoms. The number of carbonyl (C=O) groups excluding carboxylic acids is 1. The van der Waals surface area contributed by atoms with Crippen LogP contribution in [0.3, 0.4) is 0 Å². The van der Waals surface area contributed by atoms with E-state index in [4.69, 9.17) is 16.3 Å². The van der Waals surface area contributed by atoms with Crippen LogP contribution in [0.25, 0.3) is 0 Å². The van der Waals surface area contributed by atoms with Crippen LogP contribution in [0, 0.1) is 0 Å². The molecule has 0 heterocycles. The van der Waals surface area contributed by atoms with Gasteiger partial charge in [0.2, 0.25) is 0 Å². The maximum atomic E-state index is 11.9. The highest BCUT2D eigenvalue weighted by Crippen LogP contribution is 2.18. The fourth-order valence-electron chi connectivity index (χ4n) is 2.01. The van der Waals surface area contributed by atoms with Crippen LogP contribution in [0.2, 0.25) is 5.02 Å². The van der Waals surface area contributed by atoms with Gasteiger partial charge in [0.05, 0.1) is 6.54 Å². The first kappa shape index (κ1) is 16.4. The molecule has 0 aliphatic heterocycles. The van der Waals surface area contributed by atoms with Crippen LogP contribution >= 0.6 is 11.6 Å². The van der Waals surface area contributed by atoms with Crippen molar-refractivity contribution in [3.8, 4) is 5.75 Å². The zero-order chi connectivity index (χ0) is 15.9. The third-order valence-corrected chi connectivity index (χ3v) is 3.53. The summed E-state index contributed by atoms with van der Waals surface area (Å²) in [7, 11) is 0. The average Bonchev–Trinajstić information content (AvgIpc) is 2.51. The second-order valence-electron chi connectivity index (χ2n) is 5.34. The smallest absolute Gasteiger partial charge is 0.251 e. The highest BCUT2D eigenvalue weighted by Gasteiger charge is 2.05. The second kappa shape index (κ2) is 7.85. The van der Waals surface area contributed by atoms with Crippen LogP contribution in [-0.2, 0) is 0 Å². The van der Waals surface area contributed by atoms with Gasteiger partial charge in [-0.1, -0.05) is 43.6 Å². The molecule has 0 atom stereocenters. The number of halogens is 1. The molecule has 0 unspecified atom stereocenters. The molecule has 0 saturated carbocycles. The van der Waals surface area contributed by atoms with Crippen LogP contribution < -0.4 is 10.1 Å². The summed E-state index contributed by atoms with van der Waals surface area (Å²) in [6, 6.07) is 14.9. The minimum absolute atomic E-state index is 0.152. The molecular formula is C18H20ClNO2. The topological polar surface area (TPSA) is 38.3 Å². The summed E-state index contributed by atoms with van der Waals surface area (Å²) in [5, 5.41) is 3.35. The SMILES string of the molecule is CC(C)c1ccc(OCCNC(=O)c2cccc(Cl)c2)cc1. The summed E-state index contributed by atoms with van der Waals surface area (Å²) in [6.07, 6.45) is 0. The van der Waals surface area contributed by atoms with Gasteiger partial charge in [0.25, 0.3) is 5.91 Å². The van der Waals surface area contributed by atoms with Crippen molar-refractivity contribution in [2.75, 3.05) is 13.2 Å². The highest BCUT2D eigenvalue weighted by molar-refractivity contribution is 6.30. The fourth-order valence-corrected chi connectivity index (χ4v) is 2.20. The van der Waals surface area contributed by atoms with Gasteiger partial charge in [0.1, 0.15) is 12.4 Å². The van der Waals surface area contributed by atoms with Crippen molar-refractivity contribution in [2.24, 2.45) is 0 Å². The van der Waals surface area contributed by atoms with E-state index in [1.807, 2.05) is 12.1 Å². The normalized spacial score (nSPS) is 10.5. The van der Waals surface area contributed by atoms with E-state index in [2.05, 4.69) is 31.3 Å². The predicted octanol–water partition coefficient (Wildman–Crippen LogP) is 4.27. The molecule has 0 fully saturated rings. The molecule has 2 aromatic carbocycles. The average molecular weight is 318 g/mol. The zero-order valence-corrected chi connectivity index (χ0v) is 13.6. The monoisotopic (exact) mass is 317 g/mol. The minimum Gasteiger partial charge on any atom is -0.492 e. The first-order valence-electron chi connectivity index (χ1n) is 7.33. The van der Waals surface area contributed by atoms with E-state index in [0.717, 1.165) is 5.75 Å². The van der Waals surface area contributed by atoms with Gasteiger partial charge in [0, 0.05) is 10.6 Å². The standard InChI is InChI=1S/C18H20ClNO2/c1-13(2)14-6-8-17(9-7-14)22-11-10-20-18(21)15-4-3-5-16(19)12-15/h3-9,12-13H,10-11H2,1-2H3,(H,20,21). The predicted molar refractivity (Wildman–Crippen MR) is 89.8 cm³/mol. The maximum Gasteiger partial charge on any atom is 0.251 e. The number of hydrogen-bond acceptors (Lipinski definition) is 2. The lowest BCUT2D eigenvalue weighted by Crippen LogP contribution is -2.28. The van der Waals surface area contributed by atoms with Crippen LogP contribution in [-0.4, -0.2) is 19.1 Å². The van der Waals surface area contributed by atoms with Gasteiger partial charge in [-0.2, -0.15) is 0 Å². The Labute approximate surface area is 136 Å². The molecule has 0 bridgehead atoms. The summed E-state index contributed by atoms with van der Waals surface area (Å²) in [6.45, 7) is 5.17. The summed E-state index contributed by atoms with van der Waals surface area (Å²) < 4.78 is 5.61. The van der Waals surface area contributed by atoms with E-state index < -0.39 is 0 Å². The van der Waals surface area contributed by atoms with Gasteiger partial charge in [-0.3, -0.25) is 4.79 Å². The number of carbonyl (C=O) groups is 1. The van der Waals surface area contributed by atoms with Gasteiger partial charge in [-0.05, 0) is 41.8 Å². The Bertz CT molecular complexity index is 623. The molecule has 0 aliphatic carbocycles. The first-order chi connectivity index (χ1) is 10.6. The molecule has 0 radical (unpaired) electrons. The van der Waals surface area contributed by atoms with Crippen molar-refractivity contribution < 1.29 is 9.53 Å². The Morgan fingerprint density at radius 2 is 1.91 bits per heavy atom. The van der Waals surface area contributed by atoms with Crippen LogP contribution in [0.1, 0.15) is 35.7 Å². The summed E-state index contributed by atoms with van der Waals surface area (Å²) >= 11 is 5.86. The molecule has 4 heteroatoms. The van der Waals surface area contributed by atoms with Crippen LogP contribution in [0.15, 0.2) is 48.5 Å². The molecule has 0 aliphatic rings. The Kier molecular flexibility index (Phi) is 5.84. The minimum atomic E-state index is -0.152. The van der Waals surface area contributed by atoms with Gasteiger partial charge in [-0.25, -0.2) is 0 Å². The molecule has 2 aromatic rings. The lowest BCUT2D eigenvalue weighted by atomic mass is 10.0. The molecule has 0 aromatic heterocycles. The molecule has 1 amide bonds. The Hall–Kier alpha value is -2.00. The van der Waals surface area contributed by atoms with E-state index in [1.54, 1.807) is 24.3 Å². The van der Waals surface area contributed by atoms with Crippen molar-refractivity contribution in [2.45, 2.75) is 19.8 Å². The summed E-state index contributed by atoms with van der Waals surface area (Å²) in [5.74, 6) is 1.16.